The molecule has 0 atom stereocenters. The molecule has 1 rings (SSSR count). The normalized spacial score (nSPS) is 11.1. The lowest BCUT2D eigenvalue weighted by Gasteiger charge is -1.96. The number of aliphatic hydroxyl groups is 1. The quantitative estimate of drug-likeness (QED) is 0.470. The maximum atomic E-state index is 11.4. The zero-order chi connectivity index (χ0) is 11.4. The summed E-state index contributed by atoms with van der Waals surface area (Å²) in [6.07, 6.45) is 0.633. The Morgan fingerprint density at radius 1 is 1.27 bits per heavy atom. The van der Waals surface area contributed by atoms with Gasteiger partial charge < -0.3 is 10.2 Å². The molecule has 0 radical (unpaired) electrons. The van der Waals surface area contributed by atoms with Gasteiger partial charge in [0.1, 0.15) is 0 Å². The first kappa shape index (κ1) is 11.3. The highest BCUT2D eigenvalue weighted by atomic mass is 35.5. The minimum absolute atomic E-state index is 0.218. The van der Waals surface area contributed by atoms with Crippen LogP contribution in [-0.2, 0) is 4.79 Å². The number of carbonyl (C=O) groups excluding carboxylic acids is 1. The molecule has 1 aromatic carbocycles. The molecule has 0 amide bonds. The van der Waals surface area contributed by atoms with Gasteiger partial charge in [-0.1, -0.05) is 23.7 Å². The predicted octanol–water partition coefficient (Wildman–Crippen LogP) is 2.05. The number of allylic oxidation sites excluding steroid dienone is 1. The van der Waals surface area contributed by atoms with E-state index in [0.29, 0.717) is 11.1 Å². The number of hydrogen-bond donors (Lipinski definition) is 2. The molecule has 0 spiro atoms. The third-order valence-electron chi connectivity index (χ3n) is 1.60. The van der Waals surface area contributed by atoms with Crippen LogP contribution in [0.5, 0.6) is 0 Å². The van der Waals surface area contributed by atoms with Crippen LogP contribution in [0.4, 0.5) is 0 Å². The van der Waals surface area contributed by atoms with Crippen molar-refractivity contribution in [3.63, 3.8) is 0 Å². The Labute approximate surface area is 90.4 Å². The number of hydrogen-bond acceptors (Lipinski definition) is 3. The van der Waals surface area contributed by atoms with E-state index in [4.69, 9.17) is 21.8 Å². The first-order valence-corrected chi connectivity index (χ1v) is 4.32. The van der Waals surface area contributed by atoms with Crippen LogP contribution in [0.2, 0.25) is 5.02 Å². The highest BCUT2D eigenvalue weighted by molar-refractivity contribution is 6.31. The summed E-state index contributed by atoms with van der Waals surface area (Å²) < 4.78 is 0. The highest BCUT2D eigenvalue weighted by Crippen LogP contribution is 2.11. The van der Waals surface area contributed by atoms with Crippen molar-refractivity contribution in [2.45, 2.75) is 0 Å². The van der Waals surface area contributed by atoms with Gasteiger partial charge in [0, 0.05) is 16.7 Å². The Hall–Kier alpha value is -1.81. The van der Waals surface area contributed by atoms with Crippen LogP contribution in [0.3, 0.4) is 0 Å². The topological polar surface area (TPSA) is 74.6 Å². The third-order valence-corrected chi connectivity index (χ3v) is 1.83. The summed E-state index contributed by atoms with van der Waals surface area (Å²) >= 11 is 5.64. The number of aliphatic hydroxyl groups excluding tert-OH is 1. The number of rotatable bonds is 3. The summed E-state index contributed by atoms with van der Waals surface area (Å²) in [5, 5.41) is 17.5. The van der Waals surface area contributed by atoms with Crippen molar-refractivity contribution in [3.8, 4) is 0 Å². The molecule has 0 saturated carbocycles. The molecular weight excluding hydrogens is 220 g/mol. The van der Waals surface area contributed by atoms with Crippen molar-refractivity contribution in [1.29, 1.82) is 0 Å². The average Bonchev–Trinajstić information content (AvgIpc) is 2.17. The Morgan fingerprint density at radius 2 is 1.93 bits per heavy atom. The molecule has 0 aromatic heterocycles. The molecule has 5 heteroatoms. The first-order chi connectivity index (χ1) is 7.00. The van der Waals surface area contributed by atoms with Gasteiger partial charge in [-0.05, 0) is 12.1 Å². The molecule has 0 saturated heterocycles. The molecule has 0 aliphatic heterocycles. The van der Waals surface area contributed by atoms with Gasteiger partial charge in [0.2, 0.25) is 5.76 Å². The van der Waals surface area contributed by atoms with E-state index < -0.39 is 17.5 Å². The van der Waals surface area contributed by atoms with Crippen LogP contribution in [0, 0.1) is 0 Å². The van der Waals surface area contributed by atoms with Crippen LogP contribution < -0.4 is 0 Å². The van der Waals surface area contributed by atoms with Gasteiger partial charge in [-0.25, -0.2) is 4.79 Å². The number of carboxylic acid groups (broad SMARTS) is 1. The molecule has 0 heterocycles. The Morgan fingerprint density at radius 3 is 2.47 bits per heavy atom. The second-order valence-electron chi connectivity index (χ2n) is 2.71. The van der Waals surface area contributed by atoms with Crippen LogP contribution in [0.15, 0.2) is 36.1 Å². The van der Waals surface area contributed by atoms with Crippen molar-refractivity contribution < 1.29 is 19.8 Å². The van der Waals surface area contributed by atoms with Crippen molar-refractivity contribution in [1.82, 2.24) is 0 Å². The highest BCUT2D eigenvalue weighted by Gasteiger charge is 2.09. The molecule has 15 heavy (non-hydrogen) atoms. The van der Waals surface area contributed by atoms with E-state index >= 15 is 0 Å². The summed E-state index contributed by atoms with van der Waals surface area (Å²) in [5.74, 6) is -3.16. The lowest BCUT2D eigenvalue weighted by Crippen LogP contribution is -2.03. The molecule has 0 aliphatic carbocycles. The summed E-state index contributed by atoms with van der Waals surface area (Å²) in [5.41, 5.74) is 0.218. The fraction of sp³-hybridized carbons (Fsp3) is 0. The van der Waals surface area contributed by atoms with E-state index in [0.717, 1.165) is 0 Å². The summed E-state index contributed by atoms with van der Waals surface area (Å²) in [7, 11) is 0. The number of aliphatic carboxylic acids is 1. The minimum atomic E-state index is -1.55. The summed E-state index contributed by atoms with van der Waals surface area (Å²) in [6.45, 7) is 0. The number of carboxylic acids is 1. The molecule has 2 N–H and O–H groups in total. The smallest absolute Gasteiger partial charge is 0.371 e. The standard InChI is InChI=1S/C10H7ClO4/c11-7-3-1-2-6(4-7)8(12)5-9(13)10(14)15/h1-5,13H,(H,14,15)/b9-5+. The Kier molecular flexibility index (Phi) is 3.46. The van der Waals surface area contributed by atoms with Crippen molar-refractivity contribution in [2.24, 2.45) is 0 Å². The SMILES string of the molecule is O=C(O)/C(O)=C\C(=O)c1cccc(Cl)c1. The fourth-order valence-electron chi connectivity index (χ4n) is 0.911. The molecule has 4 nitrogen and oxygen atoms in total. The van der Waals surface area contributed by atoms with E-state index in [1.807, 2.05) is 0 Å². The van der Waals surface area contributed by atoms with Crippen LogP contribution in [-0.4, -0.2) is 22.0 Å². The third kappa shape index (κ3) is 3.11. The predicted molar refractivity (Wildman–Crippen MR) is 54.1 cm³/mol. The fourth-order valence-corrected chi connectivity index (χ4v) is 1.10. The zero-order valence-corrected chi connectivity index (χ0v) is 8.23. The van der Waals surface area contributed by atoms with Gasteiger partial charge >= 0.3 is 5.97 Å². The average molecular weight is 227 g/mol. The minimum Gasteiger partial charge on any atom is -0.502 e. The van der Waals surface area contributed by atoms with E-state index in [2.05, 4.69) is 0 Å². The number of ketones is 1. The Bertz CT molecular complexity index is 437. The molecule has 0 aliphatic rings. The molecule has 0 fully saturated rings. The van der Waals surface area contributed by atoms with Crippen LogP contribution in [0.1, 0.15) is 10.4 Å². The van der Waals surface area contributed by atoms with Crippen molar-refractivity contribution >= 4 is 23.4 Å². The van der Waals surface area contributed by atoms with Gasteiger partial charge in [-0.2, -0.15) is 0 Å². The maximum absolute atomic E-state index is 11.4. The van der Waals surface area contributed by atoms with Gasteiger partial charge in [0.25, 0.3) is 0 Å². The van der Waals surface area contributed by atoms with Gasteiger partial charge in [0.05, 0.1) is 0 Å². The van der Waals surface area contributed by atoms with Gasteiger partial charge in [-0.3, -0.25) is 4.79 Å². The monoisotopic (exact) mass is 226 g/mol. The van der Waals surface area contributed by atoms with E-state index in [9.17, 15) is 9.59 Å². The number of benzene rings is 1. The molecule has 1 aromatic rings. The molecule has 0 unspecified atom stereocenters. The number of carbonyl (C=O) groups is 2. The van der Waals surface area contributed by atoms with Crippen molar-refractivity contribution in [3.05, 3.63) is 46.7 Å². The van der Waals surface area contributed by atoms with E-state index in [-0.39, 0.29) is 5.56 Å². The first-order valence-electron chi connectivity index (χ1n) is 3.94. The molecular formula is C10H7ClO4. The van der Waals surface area contributed by atoms with Crippen LogP contribution >= 0.6 is 11.6 Å². The molecule has 78 valence electrons. The Balaban J connectivity index is 2.96. The largest absolute Gasteiger partial charge is 0.502 e. The number of halogens is 1. The van der Waals surface area contributed by atoms with Gasteiger partial charge in [-0.15, -0.1) is 0 Å². The molecule has 0 bridgehead atoms. The lowest BCUT2D eigenvalue weighted by atomic mass is 10.1. The summed E-state index contributed by atoms with van der Waals surface area (Å²) in [4.78, 5) is 21.6. The zero-order valence-electron chi connectivity index (χ0n) is 7.48. The van der Waals surface area contributed by atoms with Crippen LogP contribution in [0.25, 0.3) is 0 Å². The summed E-state index contributed by atoms with van der Waals surface area (Å²) in [6, 6.07) is 6.00. The van der Waals surface area contributed by atoms with Crippen molar-refractivity contribution in [2.75, 3.05) is 0 Å². The maximum Gasteiger partial charge on any atom is 0.371 e. The van der Waals surface area contributed by atoms with E-state index in [1.165, 1.54) is 12.1 Å². The van der Waals surface area contributed by atoms with Gasteiger partial charge in [0.15, 0.2) is 5.78 Å². The lowest BCUT2D eigenvalue weighted by molar-refractivity contribution is -0.135. The van der Waals surface area contributed by atoms with E-state index in [1.54, 1.807) is 12.1 Å². The second-order valence-corrected chi connectivity index (χ2v) is 3.15. The second kappa shape index (κ2) is 4.61.